The number of hydrogen-bond donors (Lipinski definition) is 1. The van der Waals surface area contributed by atoms with Crippen molar-refractivity contribution in [3.8, 4) is 0 Å². The lowest BCUT2D eigenvalue weighted by molar-refractivity contribution is -0.384. The molecule has 4 saturated carbocycles. The minimum absolute atomic E-state index is 0.0672. The first kappa shape index (κ1) is 14.7. The molecule has 4 bridgehead atoms. The summed E-state index contributed by atoms with van der Waals surface area (Å²) in [7, 11) is 0. The molecule has 4 aliphatic rings. The third kappa shape index (κ3) is 2.33. The molecule has 5 nitrogen and oxygen atoms in total. The van der Waals surface area contributed by atoms with Crippen LogP contribution in [0, 0.1) is 27.4 Å². The number of nitrogens with two attached hydrogens (primary N) is 1. The third-order valence-electron chi connectivity index (χ3n) is 6.42. The number of nitro groups is 1. The highest BCUT2D eigenvalue weighted by Crippen LogP contribution is 2.66. The highest BCUT2D eigenvalue weighted by atomic mass is 16.6. The summed E-state index contributed by atoms with van der Waals surface area (Å²) >= 11 is 0. The number of non-ortho nitro benzene ring substituents is 1. The Balaban J connectivity index is 1.70. The predicted octanol–water partition coefficient (Wildman–Crippen LogP) is 3.31. The van der Waals surface area contributed by atoms with Gasteiger partial charge in [0.15, 0.2) is 0 Å². The maximum Gasteiger partial charge on any atom is 0.269 e. The van der Waals surface area contributed by atoms with Crippen LogP contribution in [0.2, 0.25) is 0 Å². The van der Waals surface area contributed by atoms with Crippen molar-refractivity contribution in [3.05, 3.63) is 39.9 Å². The van der Waals surface area contributed by atoms with Crippen molar-refractivity contribution in [2.45, 2.75) is 50.4 Å². The van der Waals surface area contributed by atoms with Crippen molar-refractivity contribution >= 4 is 11.6 Å². The van der Waals surface area contributed by atoms with E-state index in [1.165, 1.54) is 12.0 Å². The zero-order chi connectivity index (χ0) is 16.2. The highest BCUT2D eigenvalue weighted by molar-refractivity contribution is 5.74. The lowest BCUT2D eigenvalue weighted by Gasteiger charge is -2.62. The van der Waals surface area contributed by atoms with E-state index in [9.17, 15) is 14.9 Å². The summed E-state index contributed by atoms with van der Waals surface area (Å²) in [5.74, 6) is 1.15. The van der Waals surface area contributed by atoms with Crippen molar-refractivity contribution in [1.29, 1.82) is 0 Å². The van der Waals surface area contributed by atoms with Crippen molar-refractivity contribution in [2.24, 2.45) is 23.0 Å². The molecule has 0 heterocycles. The van der Waals surface area contributed by atoms with E-state index in [1.807, 2.05) is 12.1 Å². The van der Waals surface area contributed by atoms with E-state index in [0.717, 1.165) is 32.1 Å². The van der Waals surface area contributed by atoms with Gasteiger partial charge in [0.1, 0.15) is 0 Å². The van der Waals surface area contributed by atoms with Gasteiger partial charge in [0, 0.05) is 18.6 Å². The summed E-state index contributed by atoms with van der Waals surface area (Å²) in [4.78, 5) is 22.1. The van der Waals surface area contributed by atoms with Crippen LogP contribution in [0.25, 0.3) is 0 Å². The van der Waals surface area contributed by atoms with E-state index in [-0.39, 0.29) is 27.3 Å². The van der Waals surface area contributed by atoms with Crippen LogP contribution < -0.4 is 5.73 Å². The van der Waals surface area contributed by atoms with Gasteiger partial charge < -0.3 is 5.73 Å². The van der Waals surface area contributed by atoms with Crippen LogP contribution in [0.4, 0.5) is 5.69 Å². The van der Waals surface area contributed by atoms with E-state index < -0.39 is 0 Å². The van der Waals surface area contributed by atoms with Gasteiger partial charge in [-0.3, -0.25) is 14.9 Å². The predicted molar refractivity (Wildman–Crippen MR) is 85.7 cm³/mol. The second-order valence-corrected chi connectivity index (χ2v) is 8.19. The van der Waals surface area contributed by atoms with Crippen LogP contribution in [-0.2, 0) is 10.2 Å². The van der Waals surface area contributed by atoms with Gasteiger partial charge in [-0.1, -0.05) is 12.1 Å². The fourth-order valence-electron chi connectivity index (χ4n) is 6.30. The first-order valence-corrected chi connectivity index (χ1v) is 8.43. The third-order valence-corrected chi connectivity index (χ3v) is 6.42. The number of amides is 1. The molecule has 1 aromatic carbocycles. The molecule has 2 unspecified atom stereocenters. The molecule has 2 N–H and O–H groups in total. The van der Waals surface area contributed by atoms with Crippen molar-refractivity contribution in [3.63, 3.8) is 0 Å². The van der Waals surface area contributed by atoms with Gasteiger partial charge in [0.05, 0.1) is 4.92 Å². The van der Waals surface area contributed by atoms with Crippen LogP contribution in [0.1, 0.15) is 50.5 Å². The Morgan fingerprint density at radius 1 is 1.17 bits per heavy atom. The number of carbonyl (C=O) groups is 1. The number of carbonyl (C=O) groups excluding carboxylic acids is 1. The Labute approximate surface area is 135 Å². The summed E-state index contributed by atoms with van der Waals surface area (Å²) in [6, 6.07) is 7.11. The summed E-state index contributed by atoms with van der Waals surface area (Å²) in [5.41, 5.74) is 7.05. The molecular weight excluding hydrogens is 292 g/mol. The summed E-state index contributed by atoms with van der Waals surface area (Å²) < 4.78 is 0. The Bertz CT molecular complexity index is 653. The van der Waals surface area contributed by atoms with E-state index >= 15 is 0 Å². The minimum atomic E-state index is -0.349. The number of nitrogens with zero attached hydrogens (tertiary/aromatic N) is 1. The maximum atomic E-state index is 11.6. The van der Waals surface area contributed by atoms with Gasteiger partial charge in [-0.15, -0.1) is 0 Å². The minimum Gasteiger partial charge on any atom is -0.370 e. The number of primary amides is 1. The zero-order valence-corrected chi connectivity index (χ0v) is 13.2. The normalized spacial score (nSPS) is 37.7. The van der Waals surface area contributed by atoms with Gasteiger partial charge >= 0.3 is 0 Å². The molecule has 0 radical (unpaired) electrons. The molecule has 122 valence electrons. The molecular formula is C18H22N2O3. The van der Waals surface area contributed by atoms with Crippen LogP contribution >= 0.6 is 0 Å². The van der Waals surface area contributed by atoms with Crippen LogP contribution in [-0.4, -0.2) is 10.8 Å². The molecule has 0 aliphatic heterocycles. The lowest BCUT2D eigenvalue weighted by atomic mass is 9.42. The van der Waals surface area contributed by atoms with Gasteiger partial charge in [-0.05, 0) is 66.8 Å². The molecule has 1 amide bonds. The van der Waals surface area contributed by atoms with E-state index in [2.05, 4.69) is 0 Å². The molecule has 4 aliphatic carbocycles. The maximum absolute atomic E-state index is 11.6. The molecule has 0 spiro atoms. The topological polar surface area (TPSA) is 86.2 Å². The molecule has 1 aromatic rings. The second kappa shape index (κ2) is 4.79. The summed E-state index contributed by atoms with van der Waals surface area (Å²) in [6.45, 7) is 0. The fraction of sp³-hybridized carbons (Fsp3) is 0.611. The van der Waals surface area contributed by atoms with Gasteiger partial charge in [0.2, 0.25) is 5.91 Å². The largest absolute Gasteiger partial charge is 0.370 e. The van der Waals surface area contributed by atoms with E-state index in [0.29, 0.717) is 18.3 Å². The quantitative estimate of drug-likeness (QED) is 0.683. The van der Waals surface area contributed by atoms with Crippen LogP contribution in [0.5, 0.6) is 0 Å². The smallest absolute Gasteiger partial charge is 0.269 e. The second-order valence-electron chi connectivity index (χ2n) is 8.19. The van der Waals surface area contributed by atoms with Crippen molar-refractivity contribution in [1.82, 2.24) is 0 Å². The van der Waals surface area contributed by atoms with Gasteiger partial charge in [-0.2, -0.15) is 0 Å². The Kier molecular flexibility index (Phi) is 3.06. The Morgan fingerprint density at radius 3 is 2.30 bits per heavy atom. The molecule has 5 rings (SSSR count). The average molecular weight is 314 g/mol. The Hall–Kier alpha value is -1.91. The SMILES string of the molecule is NC(=O)CC12C[C@H]3C[C@@H](C1)CC(c1ccc([N+](=O)[O-])cc1)(C3)C2. The van der Waals surface area contributed by atoms with Crippen molar-refractivity contribution < 1.29 is 9.72 Å². The highest BCUT2D eigenvalue weighted by Gasteiger charge is 2.58. The fourth-order valence-corrected chi connectivity index (χ4v) is 6.30. The number of rotatable bonds is 4. The van der Waals surface area contributed by atoms with Gasteiger partial charge in [-0.25, -0.2) is 0 Å². The van der Waals surface area contributed by atoms with E-state index in [1.54, 1.807) is 12.1 Å². The molecule has 0 saturated heterocycles. The standard InChI is InChI=1S/C18H22N2O3/c19-16(21)10-17-6-12-5-13(7-17)9-18(8-12,11-17)14-1-3-15(4-2-14)20(22)23/h1-4,12-13H,5-11H2,(H2,19,21)/t12-,13+,17?,18?. The number of hydrogen-bond acceptors (Lipinski definition) is 3. The molecule has 0 aromatic heterocycles. The van der Waals surface area contributed by atoms with E-state index in [4.69, 9.17) is 5.73 Å². The lowest BCUT2D eigenvalue weighted by Crippen LogP contribution is -2.54. The monoisotopic (exact) mass is 314 g/mol. The Morgan fingerprint density at radius 2 is 1.78 bits per heavy atom. The average Bonchev–Trinajstić information content (AvgIpc) is 2.44. The van der Waals surface area contributed by atoms with Crippen LogP contribution in [0.15, 0.2) is 24.3 Å². The first-order chi connectivity index (χ1) is 10.9. The van der Waals surface area contributed by atoms with Crippen LogP contribution in [0.3, 0.4) is 0 Å². The summed E-state index contributed by atoms with van der Waals surface area (Å²) in [6.07, 6.45) is 7.34. The van der Waals surface area contributed by atoms with Crippen molar-refractivity contribution in [2.75, 3.05) is 0 Å². The molecule has 4 atom stereocenters. The summed E-state index contributed by atoms with van der Waals surface area (Å²) in [5, 5.41) is 10.9. The molecule has 4 fully saturated rings. The molecule has 5 heteroatoms. The first-order valence-electron chi connectivity index (χ1n) is 8.43. The molecule has 23 heavy (non-hydrogen) atoms. The number of nitro benzene ring substituents is 1. The number of benzene rings is 1. The zero-order valence-electron chi connectivity index (χ0n) is 13.2. The van der Waals surface area contributed by atoms with Gasteiger partial charge in [0.25, 0.3) is 5.69 Å².